The van der Waals surface area contributed by atoms with E-state index in [0.29, 0.717) is 12.5 Å². The van der Waals surface area contributed by atoms with Gasteiger partial charge in [0.15, 0.2) is 0 Å². The van der Waals surface area contributed by atoms with Crippen LogP contribution >= 0.6 is 15.9 Å². The number of ether oxygens (including phenoxy) is 4. The van der Waals surface area contributed by atoms with E-state index in [1.807, 2.05) is 31.2 Å². The third-order valence-corrected chi connectivity index (χ3v) is 5.66. The van der Waals surface area contributed by atoms with Crippen LogP contribution in [0.5, 0.6) is 5.75 Å². The fourth-order valence-corrected chi connectivity index (χ4v) is 4.14. The number of halogens is 1. The fraction of sp³-hybridized carbons (Fsp3) is 0.462. The van der Waals surface area contributed by atoms with Gasteiger partial charge in [-0.05, 0) is 55.0 Å². The molecular formula is C26H33BrO4. The van der Waals surface area contributed by atoms with Gasteiger partial charge < -0.3 is 18.9 Å². The average molecular weight is 489 g/mol. The topological polar surface area (TPSA) is 36.9 Å². The van der Waals surface area contributed by atoms with Crippen molar-refractivity contribution in [2.45, 2.75) is 45.5 Å². The summed E-state index contributed by atoms with van der Waals surface area (Å²) in [5.74, 6) is 3.91. The van der Waals surface area contributed by atoms with Crippen LogP contribution in [0.4, 0.5) is 0 Å². The van der Waals surface area contributed by atoms with Crippen molar-refractivity contribution in [2.75, 3.05) is 21.0 Å². The molecule has 0 N–H and O–H groups in total. The van der Waals surface area contributed by atoms with Gasteiger partial charge in [-0.2, -0.15) is 0 Å². The molecule has 31 heavy (non-hydrogen) atoms. The highest BCUT2D eigenvalue weighted by molar-refractivity contribution is 9.10. The highest BCUT2D eigenvalue weighted by Gasteiger charge is 2.28. The molecule has 5 heteroatoms. The zero-order chi connectivity index (χ0) is 22.6. The van der Waals surface area contributed by atoms with Gasteiger partial charge in [0.05, 0.1) is 12.2 Å². The van der Waals surface area contributed by atoms with E-state index in [4.69, 9.17) is 25.4 Å². The van der Waals surface area contributed by atoms with Gasteiger partial charge in [-0.1, -0.05) is 53.2 Å². The van der Waals surface area contributed by atoms with Crippen molar-refractivity contribution < 1.29 is 18.9 Å². The second-order valence-corrected chi connectivity index (χ2v) is 8.80. The summed E-state index contributed by atoms with van der Waals surface area (Å²) in [4.78, 5) is 0. The second-order valence-electron chi connectivity index (χ2n) is 7.88. The standard InChI is InChI=1S/C26H33BrO4/c1-6-20(3)26(31-18-28-4)25(29-5)13-19(2)12-22-14-23(27)16-24(15-22)30-17-21-10-8-7-9-11-21/h1,7-11,14-16,19-20,25-26H,12-13,17-18H2,2-5H3/t19-,20+,25+,26-/m1/s1. The minimum absolute atomic E-state index is 0.0730. The maximum Gasteiger partial charge on any atom is 0.146 e. The molecule has 0 fully saturated rings. The molecule has 0 aliphatic carbocycles. The SMILES string of the molecule is C#C[C@H](C)[C@@H](OCOC)[C@H](C[C@H](C)Cc1cc(Br)cc(OCc2ccccc2)c1)OC. The van der Waals surface area contributed by atoms with Crippen LogP contribution in [0.1, 0.15) is 31.4 Å². The Bertz CT molecular complexity index is 818. The van der Waals surface area contributed by atoms with Gasteiger partial charge in [-0.15, -0.1) is 12.3 Å². The molecule has 0 aliphatic rings. The molecule has 4 atom stereocenters. The number of methoxy groups -OCH3 is 2. The summed E-state index contributed by atoms with van der Waals surface area (Å²) in [6.07, 6.45) is 7.03. The molecule has 0 unspecified atom stereocenters. The molecule has 168 valence electrons. The summed E-state index contributed by atoms with van der Waals surface area (Å²) in [7, 11) is 3.31. The number of terminal acetylenes is 1. The van der Waals surface area contributed by atoms with Crippen molar-refractivity contribution in [3.05, 3.63) is 64.1 Å². The summed E-state index contributed by atoms with van der Waals surface area (Å²) in [5.41, 5.74) is 2.35. The zero-order valence-corrected chi connectivity index (χ0v) is 20.4. The van der Waals surface area contributed by atoms with Crippen LogP contribution in [0.25, 0.3) is 0 Å². The highest BCUT2D eigenvalue weighted by atomic mass is 79.9. The highest BCUT2D eigenvalue weighted by Crippen LogP contribution is 2.27. The third-order valence-electron chi connectivity index (χ3n) is 5.20. The van der Waals surface area contributed by atoms with E-state index in [0.717, 1.165) is 28.6 Å². The van der Waals surface area contributed by atoms with Crippen LogP contribution in [-0.4, -0.2) is 33.2 Å². The molecule has 0 radical (unpaired) electrons. The predicted octanol–water partition coefficient (Wildman–Crippen LogP) is 5.87. The molecule has 2 aromatic carbocycles. The van der Waals surface area contributed by atoms with Crippen molar-refractivity contribution in [3.63, 3.8) is 0 Å². The first kappa shape index (κ1) is 25.4. The minimum Gasteiger partial charge on any atom is -0.489 e. The Hall–Kier alpha value is -1.84. The maximum absolute atomic E-state index is 6.02. The number of hydrogen-bond acceptors (Lipinski definition) is 4. The Morgan fingerprint density at radius 2 is 1.77 bits per heavy atom. The van der Waals surface area contributed by atoms with E-state index < -0.39 is 0 Å². The van der Waals surface area contributed by atoms with Crippen molar-refractivity contribution in [3.8, 4) is 18.1 Å². The van der Waals surface area contributed by atoms with Crippen molar-refractivity contribution in [1.82, 2.24) is 0 Å². The van der Waals surface area contributed by atoms with Crippen molar-refractivity contribution in [2.24, 2.45) is 11.8 Å². The van der Waals surface area contributed by atoms with Crippen LogP contribution in [0, 0.1) is 24.2 Å². The zero-order valence-electron chi connectivity index (χ0n) is 18.8. The lowest BCUT2D eigenvalue weighted by molar-refractivity contribution is -0.135. The number of benzene rings is 2. The second kappa shape index (κ2) is 13.5. The van der Waals surface area contributed by atoms with Crippen molar-refractivity contribution >= 4 is 15.9 Å². The normalized spacial score (nSPS) is 15.0. The molecule has 0 spiro atoms. The Morgan fingerprint density at radius 1 is 1.03 bits per heavy atom. The smallest absolute Gasteiger partial charge is 0.146 e. The molecule has 4 nitrogen and oxygen atoms in total. The van der Waals surface area contributed by atoms with Gasteiger partial charge in [-0.25, -0.2) is 0 Å². The van der Waals surface area contributed by atoms with E-state index in [2.05, 4.69) is 53.0 Å². The Morgan fingerprint density at radius 3 is 2.42 bits per heavy atom. The van der Waals surface area contributed by atoms with E-state index >= 15 is 0 Å². The van der Waals surface area contributed by atoms with Gasteiger partial charge in [0.25, 0.3) is 0 Å². The summed E-state index contributed by atoms with van der Waals surface area (Å²) in [5, 5.41) is 0. The van der Waals surface area contributed by atoms with Crippen molar-refractivity contribution in [1.29, 1.82) is 0 Å². The summed E-state index contributed by atoms with van der Waals surface area (Å²) >= 11 is 3.61. The van der Waals surface area contributed by atoms with Crippen LogP contribution in [0.2, 0.25) is 0 Å². The fourth-order valence-electron chi connectivity index (χ4n) is 3.62. The molecule has 0 bridgehead atoms. The molecule has 0 saturated carbocycles. The van der Waals surface area contributed by atoms with Gasteiger partial charge in [0, 0.05) is 24.6 Å². The summed E-state index contributed by atoms with van der Waals surface area (Å²) in [6.45, 7) is 4.92. The summed E-state index contributed by atoms with van der Waals surface area (Å²) in [6, 6.07) is 16.4. The molecule has 0 amide bonds. The molecule has 0 aromatic heterocycles. The Kier molecular flexibility index (Phi) is 11.1. The lowest BCUT2D eigenvalue weighted by atomic mass is 9.90. The third kappa shape index (κ3) is 8.66. The first-order valence-corrected chi connectivity index (χ1v) is 11.3. The molecule has 2 rings (SSSR count). The molecule has 2 aromatic rings. The van der Waals surface area contributed by atoms with Crippen LogP contribution in [-0.2, 0) is 27.2 Å². The van der Waals surface area contributed by atoms with E-state index in [1.165, 1.54) is 5.56 Å². The number of rotatable bonds is 13. The van der Waals surface area contributed by atoms with Gasteiger partial charge >= 0.3 is 0 Å². The molecular weight excluding hydrogens is 456 g/mol. The van der Waals surface area contributed by atoms with Crippen LogP contribution < -0.4 is 4.74 Å². The quantitative estimate of drug-likeness (QED) is 0.261. The molecule has 0 aliphatic heterocycles. The molecule has 0 heterocycles. The van der Waals surface area contributed by atoms with Gasteiger partial charge in [-0.3, -0.25) is 0 Å². The van der Waals surface area contributed by atoms with E-state index in [-0.39, 0.29) is 24.9 Å². The predicted molar refractivity (Wildman–Crippen MR) is 128 cm³/mol. The largest absolute Gasteiger partial charge is 0.489 e. The minimum atomic E-state index is -0.218. The monoisotopic (exact) mass is 488 g/mol. The average Bonchev–Trinajstić information content (AvgIpc) is 2.77. The van der Waals surface area contributed by atoms with Crippen LogP contribution in [0.15, 0.2) is 53.0 Å². The van der Waals surface area contributed by atoms with Gasteiger partial charge in [0.2, 0.25) is 0 Å². The maximum atomic E-state index is 6.02. The Balaban J connectivity index is 2.01. The van der Waals surface area contributed by atoms with E-state index in [9.17, 15) is 0 Å². The van der Waals surface area contributed by atoms with Gasteiger partial charge in [0.1, 0.15) is 19.1 Å². The summed E-state index contributed by atoms with van der Waals surface area (Å²) < 4.78 is 23.7. The van der Waals surface area contributed by atoms with E-state index in [1.54, 1.807) is 14.2 Å². The first-order valence-electron chi connectivity index (χ1n) is 10.5. The Labute approximate surface area is 195 Å². The lowest BCUT2D eigenvalue weighted by Gasteiger charge is -2.30. The number of hydrogen-bond donors (Lipinski definition) is 0. The lowest BCUT2D eigenvalue weighted by Crippen LogP contribution is -2.37. The first-order chi connectivity index (χ1) is 15.0. The van der Waals surface area contributed by atoms with Crippen LogP contribution in [0.3, 0.4) is 0 Å². The molecule has 0 saturated heterocycles.